The van der Waals surface area contributed by atoms with E-state index in [4.69, 9.17) is 6.85 Å². The molecule has 0 aromatic heterocycles. The van der Waals surface area contributed by atoms with Gasteiger partial charge in [0.1, 0.15) is 0 Å². The molecule has 7 aromatic rings. The lowest BCUT2D eigenvalue weighted by Crippen LogP contribution is -2.36. The van der Waals surface area contributed by atoms with E-state index >= 15 is 0 Å². The first kappa shape index (κ1) is 19.9. The normalized spacial score (nSPS) is 15.8. The van der Waals surface area contributed by atoms with E-state index in [1.54, 1.807) is 0 Å². The van der Waals surface area contributed by atoms with Crippen LogP contribution in [-0.4, -0.2) is 0 Å². The molecule has 198 valence electrons. The number of fused-ring (bicyclic) bond motifs is 14. The SMILES string of the molecule is [2H]c1c([2H])c([2H])c(N2c3ccccc3C3(c4cc(Br)ccc4-c4c3c3ccc(Br)cc3c3ccccc43)c3ccccc32)c([2H])c1[2H]. The zero-order chi connectivity index (χ0) is 32.4. The molecule has 0 unspecified atom stereocenters. The molecular weight excluding hydrogens is 642 g/mol. The topological polar surface area (TPSA) is 3.24 Å². The van der Waals surface area contributed by atoms with Crippen molar-refractivity contribution in [1.82, 2.24) is 0 Å². The minimum atomic E-state index is -0.790. The highest BCUT2D eigenvalue weighted by atomic mass is 79.9. The van der Waals surface area contributed by atoms with E-state index in [9.17, 15) is 0 Å². The van der Waals surface area contributed by atoms with Gasteiger partial charge in [0.15, 0.2) is 0 Å². The van der Waals surface area contributed by atoms with Gasteiger partial charge in [0, 0.05) is 14.6 Å². The van der Waals surface area contributed by atoms with E-state index in [2.05, 4.69) is 105 Å². The Bertz CT molecular complexity index is 2450. The predicted molar refractivity (Wildman–Crippen MR) is 182 cm³/mol. The Kier molecular flexibility index (Phi) is 4.21. The summed E-state index contributed by atoms with van der Waals surface area (Å²) in [5.74, 6) is 0. The summed E-state index contributed by atoms with van der Waals surface area (Å²) in [5.41, 5.74) is 7.45. The monoisotopic (exact) mass is 668 g/mol. The summed E-state index contributed by atoms with van der Waals surface area (Å²) in [7, 11) is 0. The summed E-state index contributed by atoms with van der Waals surface area (Å²) < 4.78 is 45.4. The van der Waals surface area contributed by atoms with Crippen molar-refractivity contribution in [3.05, 3.63) is 171 Å². The predicted octanol–water partition coefficient (Wildman–Crippen LogP) is 11.7. The minimum absolute atomic E-state index is 0.130. The molecule has 9 rings (SSSR count). The smallest absolute Gasteiger partial charge is 0.0760 e. The number of nitrogens with zero attached hydrogens (tertiary/aromatic N) is 1. The zero-order valence-corrected chi connectivity index (χ0v) is 25.3. The molecule has 0 atom stereocenters. The third-order valence-corrected chi connectivity index (χ3v) is 9.81. The summed E-state index contributed by atoms with van der Waals surface area (Å²) in [6.45, 7) is 0. The van der Waals surface area contributed by atoms with Crippen molar-refractivity contribution in [3.63, 3.8) is 0 Å². The summed E-state index contributed by atoms with van der Waals surface area (Å²) in [6.07, 6.45) is 0. The van der Waals surface area contributed by atoms with Gasteiger partial charge >= 0.3 is 0 Å². The van der Waals surface area contributed by atoms with Gasteiger partial charge in [0.2, 0.25) is 0 Å². The van der Waals surface area contributed by atoms with E-state index < -0.39 is 11.5 Å². The Morgan fingerprint density at radius 3 is 1.90 bits per heavy atom. The van der Waals surface area contributed by atoms with E-state index in [1.807, 2.05) is 41.3 Å². The molecular formula is C39H23Br2N. The summed E-state index contributed by atoms with van der Waals surface area (Å²) >= 11 is 7.56. The van der Waals surface area contributed by atoms with Gasteiger partial charge in [-0.25, -0.2) is 0 Å². The first-order valence-electron chi connectivity index (χ1n) is 16.3. The third-order valence-electron chi connectivity index (χ3n) is 8.83. The molecule has 2 aliphatic rings. The van der Waals surface area contributed by atoms with Crippen molar-refractivity contribution in [1.29, 1.82) is 0 Å². The molecule has 0 bridgehead atoms. The van der Waals surface area contributed by atoms with Crippen LogP contribution in [0.25, 0.3) is 32.7 Å². The lowest BCUT2D eigenvalue weighted by molar-refractivity contribution is 0.759. The number of halogens is 2. The summed E-state index contributed by atoms with van der Waals surface area (Å²) in [6, 6.07) is 36.2. The molecule has 0 saturated carbocycles. The lowest BCUT2D eigenvalue weighted by Gasteiger charge is -2.45. The van der Waals surface area contributed by atoms with Crippen LogP contribution < -0.4 is 4.90 Å². The van der Waals surface area contributed by atoms with Crippen LogP contribution in [0.1, 0.15) is 29.1 Å². The first-order chi connectivity index (χ1) is 22.7. The van der Waals surface area contributed by atoms with E-state index in [0.717, 1.165) is 58.7 Å². The maximum Gasteiger partial charge on any atom is 0.0760 e. The minimum Gasteiger partial charge on any atom is -0.310 e. The van der Waals surface area contributed by atoms with E-state index in [1.165, 1.54) is 16.5 Å². The van der Waals surface area contributed by atoms with Crippen LogP contribution >= 0.6 is 31.9 Å². The van der Waals surface area contributed by atoms with Crippen LogP contribution in [0.5, 0.6) is 0 Å². The standard InChI is InChI=1S/C39H23Br2N/c40-24-18-20-29-31(22-24)27-12-4-5-13-28(27)37-30-21-19-25(41)23-34(30)39(38(29)37)32-14-6-8-16-35(32)42(26-10-2-1-3-11-26)36-17-9-7-15-33(36)39/h1-23H/i1D,2D,3D,10D,11D. The first-order valence-corrected chi connectivity index (χ1v) is 15.3. The second-order valence-electron chi connectivity index (χ2n) is 10.8. The quantitative estimate of drug-likeness (QED) is 0.157. The van der Waals surface area contributed by atoms with Gasteiger partial charge in [-0.15, -0.1) is 0 Å². The number of rotatable bonds is 1. The zero-order valence-electron chi connectivity index (χ0n) is 27.1. The molecule has 1 aliphatic heterocycles. The van der Waals surface area contributed by atoms with Crippen molar-refractivity contribution in [2.24, 2.45) is 0 Å². The van der Waals surface area contributed by atoms with E-state index in [0.29, 0.717) is 0 Å². The highest BCUT2D eigenvalue weighted by molar-refractivity contribution is 9.10. The molecule has 3 heteroatoms. The number of benzene rings is 7. The Balaban J connectivity index is 1.53. The molecule has 0 saturated heterocycles. The Morgan fingerprint density at radius 2 is 1.17 bits per heavy atom. The third kappa shape index (κ3) is 3.08. The van der Waals surface area contributed by atoms with Gasteiger partial charge in [-0.1, -0.05) is 123 Å². The molecule has 42 heavy (non-hydrogen) atoms. The van der Waals surface area contributed by atoms with Crippen LogP contribution in [-0.2, 0) is 5.41 Å². The van der Waals surface area contributed by atoms with Gasteiger partial charge in [-0.05, 0) is 103 Å². The largest absolute Gasteiger partial charge is 0.310 e. The number of para-hydroxylation sites is 3. The van der Waals surface area contributed by atoms with Crippen LogP contribution in [0, 0.1) is 0 Å². The molecule has 0 radical (unpaired) electrons. The van der Waals surface area contributed by atoms with Gasteiger partial charge in [-0.3, -0.25) is 0 Å². The molecule has 0 fully saturated rings. The Morgan fingerprint density at radius 1 is 0.548 bits per heavy atom. The van der Waals surface area contributed by atoms with Crippen molar-refractivity contribution in [2.45, 2.75) is 5.41 Å². The summed E-state index contributed by atoms with van der Waals surface area (Å²) in [4.78, 5) is 1.87. The molecule has 0 amide bonds. The highest BCUT2D eigenvalue weighted by Crippen LogP contribution is 2.66. The molecule has 1 spiro atoms. The van der Waals surface area contributed by atoms with Gasteiger partial charge in [0.25, 0.3) is 0 Å². The molecule has 0 N–H and O–H groups in total. The molecule has 1 aliphatic carbocycles. The van der Waals surface area contributed by atoms with Crippen LogP contribution in [0.2, 0.25) is 0 Å². The number of hydrogen-bond donors (Lipinski definition) is 0. The fourth-order valence-corrected chi connectivity index (χ4v) is 8.14. The maximum atomic E-state index is 9.01. The van der Waals surface area contributed by atoms with Gasteiger partial charge in [0.05, 0.1) is 23.6 Å². The maximum absolute atomic E-state index is 9.01. The molecule has 1 heterocycles. The Labute approximate surface area is 268 Å². The van der Waals surface area contributed by atoms with Crippen molar-refractivity contribution >= 4 is 70.5 Å². The second kappa shape index (κ2) is 8.91. The average molecular weight is 670 g/mol. The van der Waals surface area contributed by atoms with E-state index in [-0.39, 0.29) is 29.9 Å². The highest BCUT2D eigenvalue weighted by Gasteiger charge is 2.53. The fraction of sp³-hybridized carbons (Fsp3) is 0.0256. The van der Waals surface area contributed by atoms with Crippen molar-refractivity contribution < 1.29 is 6.85 Å². The lowest BCUT2D eigenvalue weighted by atomic mass is 9.63. The second-order valence-corrected chi connectivity index (χ2v) is 12.6. The molecule has 7 aromatic carbocycles. The van der Waals surface area contributed by atoms with Gasteiger partial charge < -0.3 is 4.90 Å². The summed E-state index contributed by atoms with van der Waals surface area (Å²) in [5, 5.41) is 4.61. The number of hydrogen-bond acceptors (Lipinski definition) is 1. The van der Waals surface area contributed by atoms with Crippen LogP contribution in [0.3, 0.4) is 0 Å². The van der Waals surface area contributed by atoms with Crippen LogP contribution in [0.4, 0.5) is 17.1 Å². The van der Waals surface area contributed by atoms with Gasteiger partial charge in [-0.2, -0.15) is 0 Å². The van der Waals surface area contributed by atoms with Crippen LogP contribution in [0.15, 0.2) is 148 Å². The average Bonchev–Trinajstić information content (AvgIpc) is 3.39. The molecule has 1 nitrogen and oxygen atoms in total. The van der Waals surface area contributed by atoms with Crippen molar-refractivity contribution in [2.75, 3.05) is 4.90 Å². The Hall–Kier alpha value is -4.18. The fourth-order valence-electron chi connectivity index (χ4n) is 7.41. The number of anilines is 3. The van der Waals surface area contributed by atoms with Crippen molar-refractivity contribution in [3.8, 4) is 11.1 Å².